The van der Waals surface area contributed by atoms with Gasteiger partial charge in [0.25, 0.3) is 0 Å². The minimum absolute atomic E-state index is 0.0111. The molecule has 0 unspecified atom stereocenters. The monoisotopic (exact) mass is 338 g/mol. The molecule has 2 aromatic carbocycles. The van der Waals surface area contributed by atoms with Gasteiger partial charge in [-0.15, -0.1) is 0 Å². The van der Waals surface area contributed by atoms with Crippen LogP contribution in [0.5, 0.6) is 11.5 Å². The van der Waals surface area contributed by atoms with Gasteiger partial charge in [0, 0.05) is 11.1 Å². The summed E-state index contributed by atoms with van der Waals surface area (Å²) in [7, 11) is 0. The maximum Gasteiger partial charge on any atom is 0.306 e. The van der Waals surface area contributed by atoms with Crippen LogP contribution in [0, 0.1) is 0 Å². The average Bonchev–Trinajstić information content (AvgIpc) is 2.58. The molecule has 128 valence electrons. The molecule has 0 spiro atoms. The van der Waals surface area contributed by atoms with Gasteiger partial charge in [0.05, 0.1) is 13.0 Å². The first-order chi connectivity index (χ1) is 12.0. The van der Waals surface area contributed by atoms with Crippen LogP contribution in [-0.4, -0.2) is 28.6 Å². The van der Waals surface area contributed by atoms with E-state index in [9.17, 15) is 14.7 Å². The summed E-state index contributed by atoms with van der Waals surface area (Å²) in [6.45, 7) is 0.123. The van der Waals surface area contributed by atoms with Crippen LogP contribution >= 0.6 is 0 Å². The molecule has 25 heavy (non-hydrogen) atoms. The number of phenolic OH excluding ortho intramolecular Hbond substituents is 1. The van der Waals surface area contributed by atoms with Crippen LogP contribution in [0.1, 0.15) is 34.3 Å². The number of carbonyl (C=O) groups is 2. The Morgan fingerprint density at radius 2 is 1.88 bits per heavy atom. The van der Waals surface area contributed by atoms with Crippen molar-refractivity contribution in [2.45, 2.75) is 19.3 Å². The Balaban J connectivity index is 1.72. The van der Waals surface area contributed by atoms with Gasteiger partial charge in [0.15, 0.2) is 5.78 Å². The highest BCUT2D eigenvalue weighted by Gasteiger charge is 2.21. The highest BCUT2D eigenvalue weighted by molar-refractivity contribution is 6.13. The zero-order valence-electron chi connectivity index (χ0n) is 13.6. The molecule has 0 atom stereocenters. The third-order valence-corrected chi connectivity index (χ3v) is 4.09. The number of fused-ring (bicyclic) bond motifs is 1. The lowest BCUT2D eigenvalue weighted by atomic mass is 9.86. The number of ether oxygens (including phenoxy) is 1. The fraction of sp³-hybridized carbons (Fsp3) is 0.200. The third-order valence-electron chi connectivity index (χ3n) is 4.09. The molecule has 0 aromatic heterocycles. The van der Waals surface area contributed by atoms with E-state index in [4.69, 9.17) is 9.84 Å². The van der Waals surface area contributed by atoms with Gasteiger partial charge in [-0.25, -0.2) is 0 Å². The van der Waals surface area contributed by atoms with E-state index in [1.165, 1.54) is 6.07 Å². The topological polar surface area (TPSA) is 83.8 Å². The van der Waals surface area contributed by atoms with Crippen molar-refractivity contribution < 1.29 is 24.5 Å². The number of carbonyl (C=O) groups excluding carboxylic acids is 1. The Labute approximate surface area is 145 Å². The molecule has 0 bridgehead atoms. The molecular weight excluding hydrogens is 320 g/mol. The van der Waals surface area contributed by atoms with Gasteiger partial charge in [0.1, 0.15) is 11.5 Å². The molecule has 0 radical (unpaired) electrons. The van der Waals surface area contributed by atoms with Crippen molar-refractivity contribution >= 4 is 17.8 Å². The molecule has 0 heterocycles. The molecule has 2 N–H and O–H groups in total. The number of benzene rings is 2. The molecule has 1 aliphatic rings. The van der Waals surface area contributed by atoms with Crippen molar-refractivity contribution in [3.05, 3.63) is 64.7 Å². The van der Waals surface area contributed by atoms with Gasteiger partial charge >= 0.3 is 5.97 Å². The SMILES string of the molecule is O=C(O)CCOc1ccc(/C=C2\CCc3cc(O)ccc3C2=O)cc1. The lowest BCUT2D eigenvalue weighted by Crippen LogP contribution is -2.13. The standard InChI is InChI=1S/C20H18O5/c21-16-5-8-18-14(12-16)3-4-15(20(18)24)11-13-1-6-17(7-2-13)25-10-9-19(22)23/h1-2,5-8,11-12,21H,3-4,9-10H2,(H,22,23)/b15-11+. The zero-order valence-corrected chi connectivity index (χ0v) is 13.6. The number of aryl methyl sites for hydroxylation is 1. The summed E-state index contributed by atoms with van der Waals surface area (Å²) in [6.07, 6.45) is 3.16. The highest BCUT2D eigenvalue weighted by atomic mass is 16.5. The number of aliphatic carboxylic acids is 1. The van der Waals surface area contributed by atoms with Gasteiger partial charge in [-0.05, 0) is 60.4 Å². The van der Waals surface area contributed by atoms with Crippen LogP contribution in [0.3, 0.4) is 0 Å². The Morgan fingerprint density at radius 3 is 2.60 bits per heavy atom. The molecule has 1 aliphatic carbocycles. The van der Waals surface area contributed by atoms with E-state index >= 15 is 0 Å². The average molecular weight is 338 g/mol. The Hall–Kier alpha value is -3.08. The normalized spacial score (nSPS) is 15.0. The van der Waals surface area contributed by atoms with Crippen LogP contribution in [-0.2, 0) is 11.2 Å². The van der Waals surface area contributed by atoms with E-state index in [0.717, 1.165) is 23.1 Å². The fourth-order valence-electron chi connectivity index (χ4n) is 2.82. The number of carboxylic acid groups (broad SMARTS) is 1. The predicted molar refractivity (Wildman–Crippen MR) is 92.9 cm³/mol. The smallest absolute Gasteiger partial charge is 0.306 e. The molecular formula is C20H18O5. The summed E-state index contributed by atoms with van der Waals surface area (Å²) in [6, 6.07) is 12.0. The quantitative estimate of drug-likeness (QED) is 0.816. The van der Waals surface area contributed by atoms with E-state index in [0.29, 0.717) is 17.7 Å². The number of allylic oxidation sites excluding steroid dienone is 1. The van der Waals surface area contributed by atoms with E-state index in [2.05, 4.69) is 0 Å². The summed E-state index contributed by atoms with van der Waals surface area (Å²) >= 11 is 0. The number of hydrogen-bond acceptors (Lipinski definition) is 4. The molecule has 5 heteroatoms. The number of phenols is 1. The van der Waals surface area contributed by atoms with Crippen molar-refractivity contribution in [2.24, 2.45) is 0 Å². The lowest BCUT2D eigenvalue weighted by molar-refractivity contribution is -0.137. The molecule has 3 rings (SSSR count). The van der Waals surface area contributed by atoms with E-state index in [-0.39, 0.29) is 24.6 Å². The first-order valence-corrected chi connectivity index (χ1v) is 8.05. The van der Waals surface area contributed by atoms with Gasteiger partial charge in [-0.2, -0.15) is 0 Å². The number of Topliss-reactive ketones (excluding diaryl/α,β-unsaturated/α-hetero) is 1. The minimum Gasteiger partial charge on any atom is -0.508 e. The van der Waals surface area contributed by atoms with Gasteiger partial charge in [0.2, 0.25) is 0 Å². The number of ketones is 1. The second kappa shape index (κ2) is 7.21. The third kappa shape index (κ3) is 4.07. The summed E-state index contributed by atoms with van der Waals surface area (Å²) < 4.78 is 5.35. The Bertz CT molecular complexity index is 834. The predicted octanol–water partition coefficient (Wildman–Crippen LogP) is 3.46. The van der Waals surface area contributed by atoms with Gasteiger partial charge in [-0.1, -0.05) is 12.1 Å². The Kier molecular flexibility index (Phi) is 4.84. The molecule has 0 amide bonds. The van der Waals surface area contributed by atoms with E-state index in [1.54, 1.807) is 24.3 Å². The molecule has 0 saturated carbocycles. The molecule has 0 saturated heterocycles. The minimum atomic E-state index is -0.897. The van der Waals surface area contributed by atoms with Crippen LogP contribution in [0.2, 0.25) is 0 Å². The summed E-state index contributed by atoms with van der Waals surface area (Å²) in [4.78, 5) is 23.0. The number of aromatic hydroxyl groups is 1. The maximum atomic E-state index is 12.6. The van der Waals surface area contributed by atoms with E-state index in [1.807, 2.05) is 18.2 Å². The van der Waals surface area contributed by atoms with Crippen molar-refractivity contribution in [3.8, 4) is 11.5 Å². The first-order valence-electron chi connectivity index (χ1n) is 8.05. The van der Waals surface area contributed by atoms with Crippen LogP contribution in [0.4, 0.5) is 0 Å². The number of hydrogen-bond donors (Lipinski definition) is 2. The van der Waals surface area contributed by atoms with Crippen LogP contribution in [0.15, 0.2) is 48.0 Å². The lowest BCUT2D eigenvalue weighted by Gasteiger charge is -2.17. The number of rotatable bonds is 5. The van der Waals surface area contributed by atoms with Crippen molar-refractivity contribution in [1.29, 1.82) is 0 Å². The maximum absolute atomic E-state index is 12.6. The molecule has 5 nitrogen and oxygen atoms in total. The molecule has 2 aromatic rings. The second-order valence-electron chi connectivity index (χ2n) is 5.90. The highest BCUT2D eigenvalue weighted by Crippen LogP contribution is 2.29. The van der Waals surface area contributed by atoms with Crippen LogP contribution in [0.25, 0.3) is 6.08 Å². The Morgan fingerprint density at radius 1 is 1.12 bits per heavy atom. The van der Waals surface area contributed by atoms with Crippen molar-refractivity contribution in [2.75, 3.05) is 6.61 Å². The number of carboxylic acids is 1. The molecule has 0 fully saturated rings. The van der Waals surface area contributed by atoms with Crippen molar-refractivity contribution in [1.82, 2.24) is 0 Å². The summed E-state index contributed by atoms with van der Waals surface area (Å²) in [5, 5.41) is 18.1. The van der Waals surface area contributed by atoms with Crippen molar-refractivity contribution in [3.63, 3.8) is 0 Å². The van der Waals surface area contributed by atoms with Gasteiger partial charge in [-0.3, -0.25) is 9.59 Å². The van der Waals surface area contributed by atoms with E-state index < -0.39 is 5.97 Å². The fourth-order valence-corrected chi connectivity index (χ4v) is 2.82. The first kappa shape index (κ1) is 16.8. The largest absolute Gasteiger partial charge is 0.508 e. The molecule has 0 aliphatic heterocycles. The zero-order chi connectivity index (χ0) is 17.8. The summed E-state index contributed by atoms with van der Waals surface area (Å²) in [5.41, 5.74) is 3.14. The second-order valence-corrected chi connectivity index (χ2v) is 5.90. The van der Waals surface area contributed by atoms with Gasteiger partial charge < -0.3 is 14.9 Å². The van der Waals surface area contributed by atoms with Crippen LogP contribution < -0.4 is 4.74 Å². The summed E-state index contributed by atoms with van der Waals surface area (Å²) in [5.74, 6) is -0.134.